The highest BCUT2D eigenvalue weighted by Gasteiger charge is 2.44. The monoisotopic (exact) mass is 433 g/mol. The maximum atomic E-state index is 13.0. The van der Waals surface area contributed by atoms with Crippen molar-refractivity contribution in [3.8, 4) is 5.75 Å². The van der Waals surface area contributed by atoms with Gasteiger partial charge in [0, 0.05) is 17.5 Å². The molecule has 0 aliphatic rings. The van der Waals surface area contributed by atoms with Crippen molar-refractivity contribution in [1.29, 1.82) is 0 Å². The zero-order valence-corrected chi connectivity index (χ0v) is 18.7. The van der Waals surface area contributed by atoms with E-state index in [-0.39, 0.29) is 4.90 Å². The number of carbonyl (C=O) groups is 1. The van der Waals surface area contributed by atoms with Gasteiger partial charge in [0.25, 0.3) is 0 Å². The van der Waals surface area contributed by atoms with Crippen LogP contribution in [0.15, 0.2) is 29.2 Å². The molecule has 28 heavy (non-hydrogen) atoms. The minimum absolute atomic E-state index is 0.000387. The van der Waals surface area contributed by atoms with Gasteiger partial charge in [-0.1, -0.05) is 13.3 Å². The third kappa shape index (κ3) is 6.65. The standard InChI is InChI=1S/C19H31NO6S2/c1-6-7-12-26-15-8-10-16(11-9-15)28(24,25)20(5)17(18(22)23)19(3,4)27-13-14(2)21/h8-11,14,17,21H,6-7,12-13H2,1-5H3,(H,22,23)/t14?,17-/m0/s1. The second-order valence-electron chi connectivity index (χ2n) is 7.20. The van der Waals surface area contributed by atoms with Crippen LogP contribution in [0.25, 0.3) is 0 Å². The minimum atomic E-state index is -4.03. The van der Waals surface area contributed by atoms with Crippen LogP contribution in [0.3, 0.4) is 0 Å². The van der Waals surface area contributed by atoms with Crippen molar-refractivity contribution in [3.63, 3.8) is 0 Å². The van der Waals surface area contributed by atoms with E-state index in [1.807, 2.05) is 0 Å². The third-order valence-electron chi connectivity index (χ3n) is 4.22. The number of likely N-dealkylation sites (N-methyl/N-ethyl adjacent to an activating group) is 1. The molecule has 0 aromatic heterocycles. The van der Waals surface area contributed by atoms with Crippen LogP contribution in [0, 0.1) is 0 Å². The fourth-order valence-corrected chi connectivity index (χ4v) is 5.25. The topological polar surface area (TPSA) is 104 Å². The van der Waals surface area contributed by atoms with Gasteiger partial charge in [0.2, 0.25) is 10.0 Å². The molecule has 1 aromatic carbocycles. The lowest BCUT2D eigenvalue weighted by atomic mass is 10.0. The molecule has 2 atom stereocenters. The number of nitrogens with zero attached hydrogens (tertiary/aromatic N) is 1. The van der Waals surface area contributed by atoms with E-state index < -0.39 is 32.9 Å². The Kier molecular flexibility index (Phi) is 9.26. The fraction of sp³-hybridized carbons (Fsp3) is 0.632. The minimum Gasteiger partial charge on any atom is -0.494 e. The van der Waals surface area contributed by atoms with Crippen molar-refractivity contribution in [1.82, 2.24) is 4.31 Å². The smallest absolute Gasteiger partial charge is 0.323 e. The van der Waals surface area contributed by atoms with Crippen molar-refractivity contribution in [2.45, 2.75) is 62.3 Å². The second-order valence-corrected chi connectivity index (χ2v) is 10.9. The van der Waals surface area contributed by atoms with E-state index >= 15 is 0 Å². The van der Waals surface area contributed by atoms with Gasteiger partial charge in [0.05, 0.1) is 17.6 Å². The summed E-state index contributed by atoms with van der Waals surface area (Å²) in [4.78, 5) is 11.9. The van der Waals surface area contributed by atoms with Crippen molar-refractivity contribution in [2.24, 2.45) is 0 Å². The Bertz CT molecular complexity index is 731. The van der Waals surface area contributed by atoms with E-state index in [9.17, 15) is 23.4 Å². The Morgan fingerprint density at radius 1 is 1.29 bits per heavy atom. The van der Waals surface area contributed by atoms with Crippen LogP contribution in [0.2, 0.25) is 0 Å². The van der Waals surface area contributed by atoms with Gasteiger partial charge in [0.1, 0.15) is 11.8 Å². The van der Waals surface area contributed by atoms with E-state index in [0.29, 0.717) is 18.1 Å². The second kappa shape index (κ2) is 10.5. The molecule has 0 aliphatic heterocycles. The van der Waals surface area contributed by atoms with E-state index in [1.165, 1.54) is 30.9 Å². The Hall–Kier alpha value is -1.29. The number of hydrogen-bond donors (Lipinski definition) is 2. The Morgan fingerprint density at radius 3 is 2.32 bits per heavy atom. The summed E-state index contributed by atoms with van der Waals surface area (Å²) in [5, 5.41) is 19.2. The maximum Gasteiger partial charge on any atom is 0.323 e. The molecular weight excluding hydrogens is 402 g/mol. The molecule has 9 heteroatoms. The molecule has 0 aliphatic carbocycles. The highest BCUT2D eigenvalue weighted by molar-refractivity contribution is 8.00. The number of hydrogen-bond acceptors (Lipinski definition) is 6. The predicted octanol–water partition coefficient (Wildman–Crippen LogP) is 2.83. The zero-order valence-electron chi connectivity index (χ0n) is 17.1. The van der Waals surface area contributed by atoms with Crippen molar-refractivity contribution >= 4 is 27.8 Å². The van der Waals surface area contributed by atoms with Gasteiger partial charge >= 0.3 is 5.97 Å². The molecule has 0 spiro atoms. The summed E-state index contributed by atoms with van der Waals surface area (Å²) in [7, 11) is -2.76. The number of aliphatic hydroxyl groups excluding tert-OH is 1. The highest BCUT2D eigenvalue weighted by Crippen LogP contribution is 2.34. The number of aliphatic hydroxyl groups is 1. The van der Waals surface area contributed by atoms with Crippen LogP contribution in [0.5, 0.6) is 5.75 Å². The first kappa shape index (κ1) is 24.7. The average molecular weight is 434 g/mol. The first-order valence-electron chi connectivity index (χ1n) is 9.19. The zero-order chi connectivity index (χ0) is 21.5. The van der Waals surface area contributed by atoms with Gasteiger partial charge in [-0.05, 0) is 51.5 Å². The first-order chi connectivity index (χ1) is 12.9. The molecule has 0 saturated carbocycles. The number of unbranched alkanes of at least 4 members (excludes halogenated alkanes) is 1. The molecule has 1 aromatic rings. The molecule has 7 nitrogen and oxygen atoms in total. The van der Waals surface area contributed by atoms with Gasteiger partial charge < -0.3 is 14.9 Å². The molecule has 0 bridgehead atoms. The van der Waals surface area contributed by atoms with Gasteiger partial charge in [-0.3, -0.25) is 4.79 Å². The molecule has 0 amide bonds. The molecule has 0 fully saturated rings. The quantitative estimate of drug-likeness (QED) is 0.488. The summed E-state index contributed by atoms with van der Waals surface area (Å²) < 4.78 is 31.5. The third-order valence-corrected chi connectivity index (χ3v) is 7.67. The molecule has 1 unspecified atom stereocenters. The molecule has 0 radical (unpaired) electrons. The SMILES string of the molecule is CCCCOc1ccc(S(=O)(=O)N(C)[C@@H](C(=O)O)C(C)(C)SCC(C)O)cc1. The first-order valence-corrected chi connectivity index (χ1v) is 11.6. The van der Waals surface area contributed by atoms with Gasteiger partial charge in [-0.25, -0.2) is 8.42 Å². The normalized spacial score (nSPS) is 14.7. The number of carboxylic acids is 1. The van der Waals surface area contributed by atoms with Crippen LogP contribution in [0.4, 0.5) is 0 Å². The van der Waals surface area contributed by atoms with Crippen LogP contribution < -0.4 is 4.74 Å². The summed E-state index contributed by atoms with van der Waals surface area (Å²) in [5.74, 6) is -0.375. The van der Waals surface area contributed by atoms with Crippen molar-refractivity contribution < 1.29 is 28.2 Å². The van der Waals surface area contributed by atoms with E-state index in [0.717, 1.165) is 17.1 Å². The molecule has 0 saturated heterocycles. The molecular formula is C19H31NO6S2. The number of sulfonamides is 1. The number of rotatable bonds is 12. The number of aliphatic carboxylic acids is 1. The number of ether oxygens (including phenoxy) is 1. The number of thioether (sulfide) groups is 1. The van der Waals surface area contributed by atoms with Crippen LogP contribution in [0.1, 0.15) is 40.5 Å². The van der Waals surface area contributed by atoms with Crippen molar-refractivity contribution in [3.05, 3.63) is 24.3 Å². The predicted molar refractivity (Wildman–Crippen MR) is 111 cm³/mol. The largest absolute Gasteiger partial charge is 0.494 e. The lowest BCUT2D eigenvalue weighted by molar-refractivity contribution is -0.142. The Balaban J connectivity index is 3.07. The maximum absolute atomic E-state index is 13.0. The van der Waals surface area contributed by atoms with E-state index in [4.69, 9.17) is 4.74 Å². The molecule has 1 rings (SSSR count). The average Bonchev–Trinajstić information content (AvgIpc) is 2.60. The summed E-state index contributed by atoms with van der Waals surface area (Å²) >= 11 is 1.22. The Morgan fingerprint density at radius 2 is 1.86 bits per heavy atom. The summed E-state index contributed by atoms with van der Waals surface area (Å²) in [6.45, 7) is 7.53. The van der Waals surface area contributed by atoms with Gasteiger partial charge in [-0.15, -0.1) is 0 Å². The van der Waals surface area contributed by atoms with Crippen molar-refractivity contribution in [2.75, 3.05) is 19.4 Å². The summed E-state index contributed by atoms with van der Waals surface area (Å²) in [6.07, 6.45) is 1.28. The molecule has 160 valence electrons. The highest BCUT2D eigenvalue weighted by atomic mass is 32.2. The number of benzene rings is 1. The van der Waals surface area contributed by atoms with E-state index in [2.05, 4.69) is 6.92 Å². The summed E-state index contributed by atoms with van der Waals surface area (Å²) in [5.41, 5.74) is 0. The lowest BCUT2D eigenvalue weighted by Gasteiger charge is -2.36. The van der Waals surface area contributed by atoms with Crippen LogP contribution >= 0.6 is 11.8 Å². The number of carboxylic acid groups (broad SMARTS) is 1. The van der Waals surface area contributed by atoms with Crippen LogP contribution in [-0.4, -0.2) is 65.2 Å². The summed E-state index contributed by atoms with van der Waals surface area (Å²) in [6, 6.07) is 4.67. The van der Waals surface area contributed by atoms with E-state index in [1.54, 1.807) is 32.9 Å². The Labute approximate surface area is 172 Å². The lowest BCUT2D eigenvalue weighted by Crippen LogP contribution is -2.53. The van der Waals surface area contributed by atoms with Gasteiger partial charge in [-0.2, -0.15) is 16.1 Å². The molecule has 2 N–H and O–H groups in total. The fourth-order valence-electron chi connectivity index (χ4n) is 2.65. The molecule has 0 heterocycles. The van der Waals surface area contributed by atoms with Gasteiger partial charge in [0.15, 0.2) is 0 Å². The van der Waals surface area contributed by atoms with Crippen LogP contribution in [-0.2, 0) is 14.8 Å².